The molecule has 1 fully saturated rings. The molecule has 0 amide bonds. The van der Waals surface area contributed by atoms with E-state index >= 15 is 0 Å². The maximum atomic E-state index is 4.24. The molecule has 1 saturated carbocycles. The van der Waals surface area contributed by atoms with Crippen molar-refractivity contribution in [2.75, 3.05) is 0 Å². The zero-order chi connectivity index (χ0) is 15.1. The van der Waals surface area contributed by atoms with Crippen LogP contribution in [0.25, 0.3) is 0 Å². The Bertz CT molecular complexity index is 299. The maximum Gasteiger partial charge on any atom is -0.0203 e. The van der Waals surface area contributed by atoms with E-state index in [1.54, 1.807) is 0 Å². The smallest absolute Gasteiger partial charge is 0.0203 e. The van der Waals surface area contributed by atoms with E-state index in [9.17, 15) is 0 Å². The third-order valence-corrected chi connectivity index (χ3v) is 5.08. The van der Waals surface area contributed by atoms with Crippen molar-refractivity contribution in [3.8, 4) is 0 Å². The Morgan fingerprint density at radius 1 is 1.16 bits per heavy atom. The summed E-state index contributed by atoms with van der Waals surface area (Å²) in [5.41, 5.74) is 3.37. The van der Waals surface area contributed by atoms with Crippen molar-refractivity contribution in [1.82, 2.24) is 0 Å². The highest BCUT2D eigenvalue weighted by molar-refractivity contribution is 5.07. The van der Waals surface area contributed by atoms with Crippen LogP contribution in [-0.4, -0.2) is 0 Å². The third-order valence-electron chi connectivity index (χ3n) is 5.08. The molecule has 0 aliphatic heterocycles. The van der Waals surface area contributed by atoms with Crippen LogP contribution < -0.4 is 0 Å². The monoisotopic (exact) mass is 262 g/mol. The molecule has 0 heterocycles. The summed E-state index contributed by atoms with van der Waals surface area (Å²) in [4.78, 5) is 0. The molecule has 1 aliphatic rings. The third kappa shape index (κ3) is 5.01. The van der Waals surface area contributed by atoms with Gasteiger partial charge < -0.3 is 0 Å². The standard InChI is InChI=1S/C17H30.C2H4/c1-7-13(3)12-17(6)10-9-16(11-15(17)5)14(4)8-2;1-2/h15-16H,3-4,7-12H2,1-2,5-6H3;1-2H2. The number of hydrogen-bond donors (Lipinski definition) is 0. The minimum Gasteiger partial charge on any atom is -0.106 e. The van der Waals surface area contributed by atoms with E-state index in [0.717, 1.165) is 24.7 Å². The van der Waals surface area contributed by atoms with E-state index in [4.69, 9.17) is 0 Å². The first kappa shape index (κ1) is 18.2. The van der Waals surface area contributed by atoms with Gasteiger partial charge in [0.2, 0.25) is 0 Å². The molecule has 0 saturated heterocycles. The molecule has 0 N–H and O–H groups in total. The molecule has 1 rings (SSSR count). The van der Waals surface area contributed by atoms with Crippen molar-refractivity contribution in [3.63, 3.8) is 0 Å². The van der Waals surface area contributed by atoms with Crippen LogP contribution in [-0.2, 0) is 0 Å². The lowest BCUT2D eigenvalue weighted by molar-refractivity contribution is 0.103. The van der Waals surface area contributed by atoms with Crippen LogP contribution in [0.4, 0.5) is 0 Å². The molecule has 0 spiro atoms. The molecule has 1 aliphatic carbocycles. The van der Waals surface area contributed by atoms with E-state index < -0.39 is 0 Å². The highest BCUT2D eigenvalue weighted by Crippen LogP contribution is 2.48. The molecule has 0 aromatic carbocycles. The summed E-state index contributed by atoms with van der Waals surface area (Å²) in [6.45, 7) is 23.8. The topological polar surface area (TPSA) is 0 Å². The Morgan fingerprint density at radius 3 is 2.16 bits per heavy atom. The molecule has 0 nitrogen and oxygen atoms in total. The molecule has 3 unspecified atom stereocenters. The Balaban J connectivity index is 0.00000154. The van der Waals surface area contributed by atoms with Crippen LogP contribution in [0.2, 0.25) is 0 Å². The molecule has 0 bridgehead atoms. The summed E-state index contributed by atoms with van der Waals surface area (Å²) in [6.07, 6.45) is 7.51. The molecular formula is C19H34. The van der Waals surface area contributed by atoms with Crippen LogP contribution in [0.5, 0.6) is 0 Å². The van der Waals surface area contributed by atoms with Gasteiger partial charge in [0.25, 0.3) is 0 Å². The van der Waals surface area contributed by atoms with Crippen molar-refractivity contribution in [2.24, 2.45) is 17.3 Å². The summed E-state index contributed by atoms with van der Waals surface area (Å²) < 4.78 is 0. The van der Waals surface area contributed by atoms with Gasteiger partial charge in [-0.3, -0.25) is 0 Å². The highest BCUT2D eigenvalue weighted by atomic mass is 14.4. The average molecular weight is 262 g/mol. The summed E-state index contributed by atoms with van der Waals surface area (Å²) in [5.74, 6) is 1.57. The number of hydrogen-bond acceptors (Lipinski definition) is 0. The van der Waals surface area contributed by atoms with Gasteiger partial charge in [-0.2, -0.15) is 0 Å². The fourth-order valence-electron chi connectivity index (χ4n) is 3.20. The fraction of sp³-hybridized carbons (Fsp3) is 0.684. The van der Waals surface area contributed by atoms with Gasteiger partial charge in [0.1, 0.15) is 0 Å². The largest absolute Gasteiger partial charge is 0.106 e. The summed E-state index contributed by atoms with van der Waals surface area (Å²) in [6, 6.07) is 0. The van der Waals surface area contributed by atoms with E-state index in [-0.39, 0.29) is 0 Å². The van der Waals surface area contributed by atoms with E-state index in [1.165, 1.54) is 36.8 Å². The van der Waals surface area contributed by atoms with Gasteiger partial charge in [-0.1, -0.05) is 52.0 Å². The first-order valence-corrected chi connectivity index (χ1v) is 7.77. The molecule has 110 valence electrons. The molecule has 0 radical (unpaired) electrons. The highest BCUT2D eigenvalue weighted by Gasteiger charge is 2.37. The van der Waals surface area contributed by atoms with Crippen molar-refractivity contribution in [3.05, 3.63) is 37.5 Å². The van der Waals surface area contributed by atoms with Crippen molar-refractivity contribution in [1.29, 1.82) is 0 Å². The minimum atomic E-state index is 0.484. The van der Waals surface area contributed by atoms with Gasteiger partial charge in [0.15, 0.2) is 0 Å². The Morgan fingerprint density at radius 2 is 1.74 bits per heavy atom. The lowest BCUT2D eigenvalue weighted by Crippen LogP contribution is -2.33. The molecule has 3 atom stereocenters. The number of allylic oxidation sites excluding steroid dienone is 2. The Labute approximate surface area is 121 Å². The quantitative estimate of drug-likeness (QED) is 0.492. The van der Waals surface area contributed by atoms with E-state index in [2.05, 4.69) is 54.0 Å². The molecule has 0 aromatic rings. The minimum absolute atomic E-state index is 0.484. The van der Waals surface area contributed by atoms with Gasteiger partial charge in [-0.05, 0) is 55.8 Å². The predicted molar refractivity (Wildman–Crippen MR) is 89.3 cm³/mol. The summed E-state index contributed by atoms with van der Waals surface area (Å²) in [7, 11) is 0. The second-order valence-electron chi connectivity index (χ2n) is 6.32. The van der Waals surface area contributed by atoms with Crippen LogP contribution in [0, 0.1) is 17.3 Å². The average Bonchev–Trinajstić information content (AvgIpc) is 2.43. The van der Waals surface area contributed by atoms with Crippen LogP contribution in [0.15, 0.2) is 37.5 Å². The van der Waals surface area contributed by atoms with E-state index in [0.29, 0.717) is 5.41 Å². The van der Waals surface area contributed by atoms with Gasteiger partial charge in [0.05, 0.1) is 0 Å². The fourth-order valence-corrected chi connectivity index (χ4v) is 3.20. The molecular weight excluding hydrogens is 228 g/mol. The van der Waals surface area contributed by atoms with Crippen LogP contribution in [0.1, 0.15) is 66.2 Å². The zero-order valence-corrected chi connectivity index (χ0v) is 13.7. The lowest BCUT2D eigenvalue weighted by atomic mass is 9.61. The lowest BCUT2D eigenvalue weighted by Gasteiger charge is -2.44. The summed E-state index contributed by atoms with van der Waals surface area (Å²) in [5, 5.41) is 0. The second kappa shape index (κ2) is 8.40. The Hall–Kier alpha value is -0.780. The predicted octanol–water partition coefficient (Wildman–Crippen LogP) is 6.55. The van der Waals surface area contributed by atoms with Crippen LogP contribution in [0.3, 0.4) is 0 Å². The Kier molecular flexibility index (Phi) is 8.06. The normalized spacial score (nSPS) is 30.1. The summed E-state index contributed by atoms with van der Waals surface area (Å²) >= 11 is 0. The molecule has 0 aromatic heterocycles. The van der Waals surface area contributed by atoms with Crippen molar-refractivity contribution in [2.45, 2.75) is 66.2 Å². The maximum absolute atomic E-state index is 4.24. The van der Waals surface area contributed by atoms with Gasteiger partial charge in [0, 0.05) is 0 Å². The first-order valence-electron chi connectivity index (χ1n) is 7.77. The number of rotatable bonds is 5. The zero-order valence-electron chi connectivity index (χ0n) is 13.7. The van der Waals surface area contributed by atoms with Gasteiger partial charge in [-0.25, -0.2) is 0 Å². The van der Waals surface area contributed by atoms with Gasteiger partial charge in [-0.15, -0.1) is 13.2 Å². The molecule has 0 heteroatoms. The van der Waals surface area contributed by atoms with E-state index in [1.807, 2.05) is 0 Å². The second-order valence-corrected chi connectivity index (χ2v) is 6.32. The van der Waals surface area contributed by atoms with Crippen LogP contribution >= 0.6 is 0 Å². The SMILES string of the molecule is C=C.C=C(CC)CC1(C)CCC(C(=C)CC)CC1C. The first-order chi connectivity index (χ1) is 8.92. The van der Waals surface area contributed by atoms with Crippen molar-refractivity contribution < 1.29 is 0 Å². The molecule has 19 heavy (non-hydrogen) atoms. The van der Waals surface area contributed by atoms with Gasteiger partial charge >= 0.3 is 0 Å². The van der Waals surface area contributed by atoms with Crippen molar-refractivity contribution >= 4 is 0 Å².